The first-order chi connectivity index (χ1) is 15.9. The number of nitrogens with zero attached hydrogens (tertiary/aromatic N) is 3. The van der Waals surface area contributed by atoms with E-state index in [0.29, 0.717) is 18.8 Å². The van der Waals surface area contributed by atoms with E-state index in [0.717, 1.165) is 51.1 Å². The lowest BCUT2D eigenvalue weighted by Crippen LogP contribution is -2.48. The number of rotatable bonds is 5. The number of hydrogen-bond donors (Lipinski definition) is 4. The number of carboxylic acid groups (broad SMARTS) is 1. The third-order valence-corrected chi connectivity index (χ3v) is 6.51. The van der Waals surface area contributed by atoms with Crippen molar-refractivity contribution < 1.29 is 15.0 Å². The lowest BCUT2D eigenvalue weighted by molar-refractivity contribution is -0.144. The second-order valence-electron chi connectivity index (χ2n) is 8.86. The number of phenols is 1. The second-order valence-corrected chi connectivity index (χ2v) is 8.86. The minimum Gasteiger partial charge on any atom is -0.508 e. The summed E-state index contributed by atoms with van der Waals surface area (Å²) in [5.41, 5.74) is 6.55. The standard InChI is InChI=1S/C25H27N5O3/c1-4-14-9-16(31)6-8-17(14)15-5-7-18-19(10-15)28-29-23(18)24-26-20-11-22(25(32)33)30(13(2)3)12-21(20)27-24/h5-10,13,22,31H,4,11-12H2,1-3H3,(H,26,27)(H,28,29)(H,32,33). The summed E-state index contributed by atoms with van der Waals surface area (Å²) in [5, 5.41) is 28.1. The number of H-pyrrole nitrogens is 2. The first kappa shape index (κ1) is 21.2. The molecule has 2 aromatic carbocycles. The Bertz CT molecular complexity index is 1350. The van der Waals surface area contributed by atoms with E-state index in [1.165, 1.54) is 0 Å². The first-order valence-corrected chi connectivity index (χ1v) is 11.2. The van der Waals surface area contributed by atoms with Crippen LogP contribution < -0.4 is 0 Å². The van der Waals surface area contributed by atoms with Crippen molar-refractivity contribution in [2.45, 2.75) is 52.2 Å². The summed E-state index contributed by atoms with van der Waals surface area (Å²) < 4.78 is 0. The maximum absolute atomic E-state index is 11.8. The molecule has 0 bridgehead atoms. The average molecular weight is 446 g/mol. The van der Waals surface area contributed by atoms with E-state index in [-0.39, 0.29) is 11.8 Å². The average Bonchev–Trinajstić information content (AvgIpc) is 3.40. The van der Waals surface area contributed by atoms with Crippen LogP contribution in [0.3, 0.4) is 0 Å². The zero-order valence-electron chi connectivity index (χ0n) is 18.9. The van der Waals surface area contributed by atoms with Crippen LogP contribution in [0.1, 0.15) is 37.7 Å². The fourth-order valence-corrected chi connectivity index (χ4v) is 4.74. The van der Waals surface area contributed by atoms with Crippen molar-refractivity contribution in [1.29, 1.82) is 0 Å². The van der Waals surface area contributed by atoms with Crippen molar-refractivity contribution in [1.82, 2.24) is 25.1 Å². The van der Waals surface area contributed by atoms with Gasteiger partial charge >= 0.3 is 5.97 Å². The lowest BCUT2D eigenvalue weighted by Gasteiger charge is -2.35. The molecule has 5 rings (SSSR count). The normalized spacial score (nSPS) is 16.4. The van der Waals surface area contributed by atoms with Crippen molar-refractivity contribution in [3.05, 3.63) is 53.3 Å². The number of phenolic OH excluding ortho intramolecular Hbond substituents is 1. The largest absolute Gasteiger partial charge is 0.508 e. The lowest BCUT2D eigenvalue weighted by atomic mass is 9.97. The minimum absolute atomic E-state index is 0.114. The van der Waals surface area contributed by atoms with Crippen LogP contribution in [0.4, 0.5) is 0 Å². The summed E-state index contributed by atoms with van der Waals surface area (Å²) >= 11 is 0. The Labute approximate surface area is 191 Å². The van der Waals surface area contributed by atoms with Crippen molar-refractivity contribution in [3.63, 3.8) is 0 Å². The van der Waals surface area contributed by atoms with Gasteiger partial charge in [0.25, 0.3) is 0 Å². The molecule has 1 unspecified atom stereocenters. The Morgan fingerprint density at radius 3 is 2.79 bits per heavy atom. The van der Waals surface area contributed by atoms with Crippen LogP contribution in [-0.4, -0.2) is 53.3 Å². The SMILES string of the molecule is CCc1cc(O)ccc1-c1ccc2c(-c3nc4c([nH]3)CN(C(C)C)C(C(=O)O)C4)n[nH]c2c1. The van der Waals surface area contributed by atoms with Gasteiger partial charge in [-0.3, -0.25) is 14.8 Å². The zero-order chi connectivity index (χ0) is 23.3. The maximum atomic E-state index is 11.8. The van der Waals surface area contributed by atoms with Crippen LogP contribution in [0.2, 0.25) is 0 Å². The van der Waals surface area contributed by atoms with Gasteiger partial charge < -0.3 is 15.2 Å². The van der Waals surface area contributed by atoms with E-state index in [2.05, 4.69) is 34.2 Å². The summed E-state index contributed by atoms with van der Waals surface area (Å²) in [7, 11) is 0. The number of nitrogens with one attached hydrogen (secondary N) is 2. The summed E-state index contributed by atoms with van der Waals surface area (Å²) in [4.78, 5) is 21.9. The molecule has 33 heavy (non-hydrogen) atoms. The van der Waals surface area contributed by atoms with Crippen molar-refractivity contribution in [3.8, 4) is 28.4 Å². The topological polar surface area (TPSA) is 118 Å². The van der Waals surface area contributed by atoms with E-state index < -0.39 is 12.0 Å². The van der Waals surface area contributed by atoms with Gasteiger partial charge in [-0.25, -0.2) is 4.98 Å². The third kappa shape index (κ3) is 3.66. The summed E-state index contributed by atoms with van der Waals surface area (Å²) in [5.74, 6) is 0.0911. The van der Waals surface area contributed by atoms with E-state index in [4.69, 9.17) is 4.98 Å². The number of aryl methyl sites for hydroxylation is 1. The highest BCUT2D eigenvalue weighted by Crippen LogP contribution is 2.33. The summed E-state index contributed by atoms with van der Waals surface area (Å²) in [6.45, 7) is 6.60. The quantitative estimate of drug-likeness (QED) is 0.367. The van der Waals surface area contributed by atoms with Gasteiger partial charge in [0.15, 0.2) is 5.82 Å². The third-order valence-electron chi connectivity index (χ3n) is 6.51. The van der Waals surface area contributed by atoms with Crippen LogP contribution in [-0.2, 0) is 24.2 Å². The number of aromatic hydroxyl groups is 1. The van der Waals surface area contributed by atoms with E-state index >= 15 is 0 Å². The molecule has 0 saturated carbocycles. The smallest absolute Gasteiger partial charge is 0.321 e. The molecule has 0 amide bonds. The molecular formula is C25H27N5O3. The zero-order valence-corrected chi connectivity index (χ0v) is 18.9. The highest BCUT2D eigenvalue weighted by molar-refractivity contribution is 5.94. The molecule has 3 heterocycles. The van der Waals surface area contributed by atoms with Gasteiger partial charge in [-0.1, -0.05) is 19.1 Å². The molecule has 8 nitrogen and oxygen atoms in total. The maximum Gasteiger partial charge on any atom is 0.321 e. The van der Waals surface area contributed by atoms with Gasteiger partial charge in [0.2, 0.25) is 0 Å². The highest BCUT2D eigenvalue weighted by Gasteiger charge is 2.35. The van der Waals surface area contributed by atoms with Crippen molar-refractivity contribution >= 4 is 16.9 Å². The van der Waals surface area contributed by atoms with Crippen molar-refractivity contribution in [2.75, 3.05) is 0 Å². The van der Waals surface area contributed by atoms with Gasteiger partial charge in [-0.05, 0) is 61.2 Å². The molecule has 0 aliphatic carbocycles. The number of aromatic nitrogens is 4. The van der Waals surface area contributed by atoms with E-state index in [9.17, 15) is 15.0 Å². The van der Waals surface area contributed by atoms with Crippen LogP contribution in [0.5, 0.6) is 5.75 Å². The van der Waals surface area contributed by atoms with Crippen LogP contribution in [0.15, 0.2) is 36.4 Å². The predicted molar refractivity (Wildman–Crippen MR) is 126 cm³/mol. The molecule has 8 heteroatoms. The van der Waals surface area contributed by atoms with Gasteiger partial charge in [-0.2, -0.15) is 5.10 Å². The minimum atomic E-state index is -0.822. The molecule has 1 atom stereocenters. The Balaban J connectivity index is 1.52. The molecule has 0 saturated heterocycles. The van der Waals surface area contributed by atoms with E-state index in [1.807, 2.05) is 30.9 Å². The van der Waals surface area contributed by atoms with Crippen LogP contribution in [0.25, 0.3) is 33.5 Å². The van der Waals surface area contributed by atoms with Crippen LogP contribution >= 0.6 is 0 Å². The number of fused-ring (bicyclic) bond motifs is 2. The molecule has 4 N–H and O–H groups in total. The molecule has 1 aliphatic rings. The number of hydrogen-bond acceptors (Lipinski definition) is 5. The number of imidazole rings is 1. The number of carboxylic acids is 1. The molecule has 0 spiro atoms. The van der Waals surface area contributed by atoms with Gasteiger partial charge in [0, 0.05) is 24.4 Å². The number of aromatic amines is 2. The van der Waals surface area contributed by atoms with E-state index in [1.54, 1.807) is 12.1 Å². The predicted octanol–water partition coefficient (Wildman–Crippen LogP) is 4.11. The molecule has 0 fully saturated rings. The molecule has 1 aliphatic heterocycles. The Hall–Kier alpha value is -3.65. The van der Waals surface area contributed by atoms with Crippen LogP contribution in [0, 0.1) is 0 Å². The van der Waals surface area contributed by atoms with Gasteiger partial charge in [0.05, 0.1) is 16.9 Å². The van der Waals surface area contributed by atoms with Gasteiger partial charge in [0.1, 0.15) is 17.5 Å². The number of benzene rings is 2. The Kier molecular flexibility index (Phi) is 5.17. The Morgan fingerprint density at radius 1 is 1.24 bits per heavy atom. The Morgan fingerprint density at radius 2 is 2.06 bits per heavy atom. The fraction of sp³-hybridized carbons (Fsp3) is 0.320. The molecule has 170 valence electrons. The molecule has 0 radical (unpaired) electrons. The second kappa shape index (κ2) is 8.04. The van der Waals surface area contributed by atoms with Crippen molar-refractivity contribution in [2.24, 2.45) is 0 Å². The molecular weight excluding hydrogens is 418 g/mol. The first-order valence-electron chi connectivity index (χ1n) is 11.2. The highest BCUT2D eigenvalue weighted by atomic mass is 16.4. The summed E-state index contributed by atoms with van der Waals surface area (Å²) in [6, 6.07) is 11.1. The number of aliphatic carboxylic acids is 1. The molecule has 4 aromatic rings. The monoisotopic (exact) mass is 445 g/mol. The molecule has 2 aromatic heterocycles. The fourth-order valence-electron chi connectivity index (χ4n) is 4.74. The summed E-state index contributed by atoms with van der Waals surface area (Å²) in [6.07, 6.45) is 1.19. The van der Waals surface area contributed by atoms with Gasteiger partial charge in [-0.15, -0.1) is 0 Å². The number of carbonyl (C=O) groups is 1.